The first-order valence-electron chi connectivity index (χ1n) is 6.44. The summed E-state index contributed by atoms with van der Waals surface area (Å²) < 4.78 is 0. The molecule has 1 saturated carbocycles. The third-order valence-corrected chi connectivity index (χ3v) is 4.36. The van der Waals surface area contributed by atoms with E-state index in [9.17, 15) is 0 Å². The van der Waals surface area contributed by atoms with Gasteiger partial charge in [0.1, 0.15) is 0 Å². The largest absolute Gasteiger partial charge is 0.299 e. The van der Waals surface area contributed by atoms with Crippen molar-refractivity contribution in [2.24, 2.45) is 11.8 Å². The molecule has 0 N–H and O–H groups in total. The van der Waals surface area contributed by atoms with Crippen molar-refractivity contribution in [2.75, 3.05) is 13.1 Å². The van der Waals surface area contributed by atoms with E-state index in [1.165, 1.54) is 38.6 Å². The number of piperidine rings is 1. The summed E-state index contributed by atoms with van der Waals surface area (Å²) in [6.07, 6.45) is 7.67. The molecule has 2 fully saturated rings. The number of hydrogen-bond donors (Lipinski definition) is 0. The monoisotopic (exact) mass is 206 g/mol. The van der Waals surface area contributed by atoms with E-state index in [-0.39, 0.29) is 0 Å². The summed E-state index contributed by atoms with van der Waals surface area (Å²) in [5.74, 6) is 1.83. The van der Waals surface area contributed by atoms with Crippen LogP contribution in [0.3, 0.4) is 0 Å². The van der Waals surface area contributed by atoms with Crippen LogP contribution in [0.4, 0.5) is 0 Å². The Bertz CT molecular complexity index is 243. The van der Waals surface area contributed by atoms with Gasteiger partial charge in [0.25, 0.3) is 0 Å². The van der Waals surface area contributed by atoms with Crippen LogP contribution in [-0.2, 0) is 0 Å². The van der Waals surface area contributed by atoms with Crippen molar-refractivity contribution in [2.45, 2.75) is 51.5 Å². The summed E-state index contributed by atoms with van der Waals surface area (Å²) in [7, 11) is 0. The van der Waals surface area contributed by atoms with E-state index < -0.39 is 0 Å². The van der Waals surface area contributed by atoms with Gasteiger partial charge in [-0.25, -0.2) is 0 Å². The standard InChI is InChI=1S/C13H22N2/c1-11-7-10-15(9-4-8-14)13-6-3-2-5-12(11)13/h11-13H,2-7,9-10H2,1H3/t11-,12+,13+/m1/s1. The van der Waals surface area contributed by atoms with Gasteiger partial charge in [0, 0.05) is 19.0 Å². The molecule has 0 aromatic heterocycles. The van der Waals surface area contributed by atoms with Crippen molar-refractivity contribution in [1.82, 2.24) is 4.90 Å². The van der Waals surface area contributed by atoms with E-state index in [1.807, 2.05) is 0 Å². The molecule has 0 spiro atoms. The number of nitrogens with zero attached hydrogens (tertiary/aromatic N) is 2. The van der Waals surface area contributed by atoms with Crippen molar-refractivity contribution in [3.8, 4) is 6.07 Å². The van der Waals surface area contributed by atoms with Gasteiger partial charge < -0.3 is 0 Å². The molecule has 1 saturated heterocycles. The van der Waals surface area contributed by atoms with E-state index in [0.29, 0.717) is 6.42 Å². The lowest BCUT2D eigenvalue weighted by Gasteiger charge is -2.47. The van der Waals surface area contributed by atoms with E-state index in [1.54, 1.807) is 0 Å². The second-order valence-electron chi connectivity index (χ2n) is 5.23. The van der Waals surface area contributed by atoms with Crippen LogP contribution in [-0.4, -0.2) is 24.0 Å². The van der Waals surface area contributed by atoms with Crippen molar-refractivity contribution in [3.05, 3.63) is 0 Å². The number of hydrogen-bond acceptors (Lipinski definition) is 2. The molecule has 0 amide bonds. The van der Waals surface area contributed by atoms with E-state index in [4.69, 9.17) is 5.26 Å². The summed E-state index contributed by atoms with van der Waals surface area (Å²) in [5, 5.41) is 8.67. The molecule has 1 aliphatic carbocycles. The molecule has 2 rings (SSSR count). The highest BCUT2D eigenvalue weighted by Crippen LogP contribution is 2.38. The average molecular weight is 206 g/mol. The molecule has 15 heavy (non-hydrogen) atoms. The summed E-state index contributed by atoms with van der Waals surface area (Å²) in [4.78, 5) is 2.59. The maximum Gasteiger partial charge on any atom is 0.0635 e. The summed E-state index contributed by atoms with van der Waals surface area (Å²) in [6.45, 7) is 4.65. The first-order valence-corrected chi connectivity index (χ1v) is 6.44. The Kier molecular flexibility index (Phi) is 3.64. The van der Waals surface area contributed by atoms with Gasteiger partial charge in [-0.2, -0.15) is 5.26 Å². The molecular formula is C13H22N2. The lowest BCUT2D eigenvalue weighted by Crippen LogP contribution is -2.50. The fourth-order valence-corrected chi connectivity index (χ4v) is 3.48. The SMILES string of the molecule is C[C@@H]1CCN(CCC#N)[C@H]2CCCC[C@@H]12. The van der Waals surface area contributed by atoms with Gasteiger partial charge in [-0.15, -0.1) is 0 Å². The third kappa shape index (κ3) is 2.34. The maximum absolute atomic E-state index is 8.67. The molecule has 0 unspecified atom stereocenters. The Morgan fingerprint density at radius 1 is 1.27 bits per heavy atom. The van der Waals surface area contributed by atoms with Crippen LogP contribution in [0.15, 0.2) is 0 Å². The van der Waals surface area contributed by atoms with Crippen LogP contribution in [0, 0.1) is 23.2 Å². The second kappa shape index (κ2) is 4.99. The van der Waals surface area contributed by atoms with Gasteiger partial charge in [0.05, 0.1) is 6.07 Å². The van der Waals surface area contributed by atoms with Crippen LogP contribution < -0.4 is 0 Å². The highest BCUT2D eigenvalue weighted by atomic mass is 15.2. The minimum absolute atomic E-state index is 0.706. The number of fused-ring (bicyclic) bond motifs is 1. The zero-order valence-corrected chi connectivity index (χ0v) is 9.78. The van der Waals surface area contributed by atoms with E-state index in [2.05, 4.69) is 17.9 Å². The summed E-state index contributed by atoms with van der Waals surface area (Å²) in [6, 6.07) is 3.08. The molecule has 1 heterocycles. The van der Waals surface area contributed by atoms with Gasteiger partial charge >= 0.3 is 0 Å². The Balaban J connectivity index is 1.98. The topological polar surface area (TPSA) is 27.0 Å². The molecule has 3 atom stereocenters. The predicted molar refractivity (Wildman–Crippen MR) is 61.3 cm³/mol. The predicted octanol–water partition coefficient (Wildman–Crippen LogP) is 2.80. The summed E-state index contributed by atoms with van der Waals surface area (Å²) >= 11 is 0. The molecule has 0 radical (unpaired) electrons. The first kappa shape index (κ1) is 11.0. The quantitative estimate of drug-likeness (QED) is 0.694. The smallest absolute Gasteiger partial charge is 0.0635 e. The van der Waals surface area contributed by atoms with Crippen LogP contribution in [0.1, 0.15) is 45.4 Å². The van der Waals surface area contributed by atoms with Crippen molar-refractivity contribution >= 4 is 0 Å². The van der Waals surface area contributed by atoms with Crippen molar-refractivity contribution < 1.29 is 0 Å². The number of likely N-dealkylation sites (tertiary alicyclic amines) is 1. The molecule has 2 aliphatic rings. The molecular weight excluding hydrogens is 184 g/mol. The highest BCUT2D eigenvalue weighted by molar-refractivity contribution is 4.91. The minimum Gasteiger partial charge on any atom is -0.299 e. The second-order valence-corrected chi connectivity index (χ2v) is 5.23. The zero-order chi connectivity index (χ0) is 10.7. The summed E-state index contributed by atoms with van der Waals surface area (Å²) in [5.41, 5.74) is 0. The maximum atomic E-state index is 8.67. The zero-order valence-electron chi connectivity index (χ0n) is 9.78. The Hall–Kier alpha value is -0.550. The van der Waals surface area contributed by atoms with Gasteiger partial charge in [-0.3, -0.25) is 4.90 Å². The molecule has 1 aliphatic heterocycles. The first-order chi connectivity index (χ1) is 7.33. The molecule has 0 aromatic rings. The van der Waals surface area contributed by atoms with Crippen LogP contribution in [0.2, 0.25) is 0 Å². The lowest BCUT2D eigenvalue weighted by molar-refractivity contribution is 0.0274. The number of rotatable bonds is 2. The average Bonchev–Trinajstić information content (AvgIpc) is 2.29. The van der Waals surface area contributed by atoms with Crippen LogP contribution in [0.5, 0.6) is 0 Å². The molecule has 0 bridgehead atoms. The fourth-order valence-electron chi connectivity index (χ4n) is 3.48. The molecule has 0 aromatic carbocycles. The van der Waals surface area contributed by atoms with Crippen molar-refractivity contribution in [3.63, 3.8) is 0 Å². The minimum atomic E-state index is 0.706. The van der Waals surface area contributed by atoms with E-state index in [0.717, 1.165) is 24.4 Å². The Labute approximate surface area is 93.3 Å². The molecule has 2 heteroatoms. The van der Waals surface area contributed by atoms with Crippen LogP contribution >= 0.6 is 0 Å². The molecule has 2 nitrogen and oxygen atoms in total. The number of nitriles is 1. The van der Waals surface area contributed by atoms with Crippen molar-refractivity contribution in [1.29, 1.82) is 5.26 Å². The van der Waals surface area contributed by atoms with Crippen LogP contribution in [0.25, 0.3) is 0 Å². The fraction of sp³-hybridized carbons (Fsp3) is 0.923. The third-order valence-electron chi connectivity index (χ3n) is 4.36. The molecule has 84 valence electrons. The van der Waals surface area contributed by atoms with Gasteiger partial charge in [-0.05, 0) is 37.6 Å². The van der Waals surface area contributed by atoms with Gasteiger partial charge in [0.2, 0.25) is 0 Å². The normalized spacial score (nSPS) is 36.9. The van der Waals surface area contributed by atoms with E-state index >= 15 is 0 Å². The highest BCUT2D eigenvalue weighted by Gasteiger charge is 2.36. The Morgan fingerprint density at radius 2 is 2.07 bits per heavy atom. The Morgan fingerprint density at radius 3 is 2.87 bits per heavy atom. The van der Waals surface area contributed by atoms with Gasteiger partial charge in [0.15, 0.2) is 0 Å². The lowest BCUT2D eigenvalue weighted by atomic mass is 9.72. The van der Waals surface area contributed by atoms with Gasteiger partial charge in [-0.1, -0.05) is 19.8 Å².